The van der Waals surface area contributed by atoms with Gasteiger partial charge < -0.3 is 10.6 Å². The van der Waals surface area contributed by atoms with Gasteiger partial charge in [-0.15, -0.1) is 0 Å². The van der Waals surface area contributed by atoms with E-state index in [0.29, 0.717) is 17.1 Å². The van der Waals surface area contributed by atoms with E-state index in [0.717, 1.165) is 5.56 Å². The van der Waals surface area contributed by atoms with Crippen molar-refractivity contribution >= 4 is 17.5 Å². The minimum absolute atomic E-state index is 0.127. The normalized spacial score (nSPS) is 16.2. The molecule has 0 saturated heterocycles. The number of carbonyl (C=O) groups excluding carboxylic acids is 2. The van der Waals surface area contributed by atoms with Crippen LogP contribution in [0.1, 0.15) is 29.4 Å². The highest BCUT2D eigenvalue weighted by Gasteiger charge is 2.26. The molecule has 0 bridgehead atoms. The maximum atomic E-state index is 12.4. The fourth-order valence-corrected chi connectivity index (χ4v) is 2.89. The fourth-order valence-electron chi connectivity index (χ4n) is 2.89. The van der Waals surface area contributed by atoms with E-state index in [4.69, 9.17) is 0 Å². The number of para-hydroxylation sites is 1. The highest BCUT2D eigenvalue weighted by atomic mass is 16.2. The van der Waals surface area contributed by atoms with Crippen LogP contribution in [0.4, 0.5) is 5.69 Å². The lowest BCUT2D eigenvalue weighted by Gasteiger charge is -2.26. The molecule has 1 aromatic carbocycles. The average molecular weight is 326 g/mol. The van der Waals surface area contributed by atoms with Crippen molar-refractivity contribution in [2.24, 2.45) is 0 Å². The van der Waals surface area contributed by atoms with Gasteiger partial charge in [-0.25, -0.2) is 4.79 Å². The lowest BCUT2D eigenvalue weighted by atomic mass is 9.97. The summed E-state index contributed by atoms with van der Waals surface area (Å²) in [4.78, 5) is 39.9. The zero-order chi connectivity index (χ0) is 17.3. The van der Waals surface area contributed by atoms with Crippen LogP contribution in [0.15, 0.2) is 35.1 Å². The first-order chi connectivity index (χ1) is 11.4. The van der Waals surface area contributed by atoms with Gasteiger partial charge in [-0.1, -0.05) is 18.2 Å². The van der Waals surface area contributed by atoms with Crippen LogP contribution in [0.3, 0.4) is 0 Å². The van der Waals surface area contributed by atoms with Crippen LogP contribution in [0.2, 0.25) is 0 Å². The van der Waals surface area contributed by atoms with Crippen molar-refractivity contribution in [3.05, 3.63) is 57.8 Å². The maximum Gasteiger partial charge on any atom is 0.348 e. The monoisotopic (exact) mass is 326 g/mol. The number of fused-ring (bicyclic) bond motifs is 1. The predicted octanol–water partition coefficient (Wildman–Crippen LogP) is 1.06. The standard InChI is InChI=1S/C17H18N4O3/c1-10-7-11(2)21(17(24)18-10)9-16(23)20-14-8-15(22)19-13-6-4-3-5-12(13)14/h3-7,14H,8-9H2,1-2H3,(H,19,22)(H,20,23)/t14-/m1/s1. The van der Waals surface area contributed by atoms with E-state index in [2.05, 4.69) is 15.6 Å². The molecule has 124 valence electrons. The third-order valence-corrected chi connectivity index (χ3v) is 3.98. The summed E-state index contributed by atoms with van der Waals surface area (Å²) in [6, 6.07) is 8.68. The van der Waals surface area contributed by atoms with Crippen molar-refractivity contribution in [3.8, 4) is 0 Å². The minimum Gasteiger partial charge on any atom is -0.347 e. The molecule has 0 fully saturated rings. The van der Waals surface area contributed by atoms with E-state index in [1.807, 2.05) is 18.2 Å². The molecular weight excluding hydrogens is 308 g/mol. The van der Waals surface area contributed by atoms with E-state index in [1.54, 1.807) is 26.0 Å². The lowest BCUT2D eigenvalue weighted by Crippen LogP contribution is -2.39. The number of amides is 2. The third kappa shape index (κ3) is 3.19. The molecule has 1 aliphatic rings. The van der Waals surface area contributed by atoms with Crippen LogP contribution >= 0.6 is 0 Å². The lowest BCUT2D eigenvalue weighted by molar-refractivity contribution is -0.123. The molecule has 24 heavy (non-hydrogen) atoms. The van der Waals surface area contributed by atoms with Gasteiger partial charge in [-0.2, -0.15) is 4.98 Å². The van der Waals surface area contributed by atoms with Crippen molar-refractivity contribution in [2.45, 2.75) is 32.9 Å². The van der Waals surface area contributed by atoms with Crippen LogP contribution in [-0.4, -0.2) is 21.4 Å². The highest BCUT2D eigenvalue weighted by molar-refractivity contribution is 5.95. The second-order valence-corrected chi connectivity index (χ2v) is 5.87. The highest BCUT2D eigenvalue weighted by Crippen LogP contribution is 2.29. The molecule has 3 rings (SSSR count). The molecule has 2 N–H and O–H groups in total. The Morgan fingerprint density at radius 2 is 2.08 bits per heavy atom. The Bertz CT molecular complexity index is 872. The molecule has 0 aliphatic carbocycles. The summed E-state index contributed by atoms with van der Waals surface area (Å²) in [7, 11) is 0. The van der Waals surface area contributed by atoms with E-state index < -0.39 is 11.7 Å². The molecule has 2 heterocycles. The first kappa shape index (κ1) is 15.9. The summed E-state index contributed by atoms with van der Waals surface area (Å²) < 4.78 is 1.32. The molecule has 1 atom stereocenters. The second kappa shape index (κ2) is 6.27. The van der Waals surface area contributed by atoms with Crippen molar-refractivity contribution in [1.82, 2.24) is 14.9 Å². The number of nitrogens with zero attached hydrogens (tertiary/aromatic N) is 2. The second-order valence-electron chi connectivity index (χ2n) is 5.87. The quantitative estimate of drug-likeness (QED) is 0.882. The summed E-state index contributed by atoms with van der Waals surface area (Å²) in [5.41, 5.74) is 2.39. The van der Waals surface area contributed by atoms with E-state index in [1.165, 1.54) is 4.57 Å². The Hall–Kier alpha value is -2.96. The number of aromatic nitrogens is 2. The van der Waals surface area contributed by atoms with Crippen molar-refractivity contribution in [2.75, 3.05) is 5.32 Å². The Morgan fingerprint density at radius 3 is 2.83 bits per heavy atom. The Labute approximate surface area is 138 Å². The molecule has 2 amide bonds. The van der Waals surface area contributed by atoms with Gasteiger partial charge in [0, 0.05) is 17.1 Å². The van der Waals surface area contributed by atoms with Crippen LogP contribution < -0.4 is 16.3 Å². The van der Waals surface area contributed by atoms with Crippen LogP contribution in [0.5, 0.6) is 0 Å². The summed E-state index contributed by atoms with van der Waals surface area (Å²) in [6.07, 6.45) is 0.169. The summed E-state index contributed by atoms with van der Waals surface area (Å²) >= 11 is 0. The van der Waals surface area contributed by atoms with E-state index >= 15 is 0 Å². The Morgan fingerprint density at radius 1 is 1.33 bits per heavy atom. The van der Waals surface area contributed by atoms with Gasteiger partial charge in [-0.3, -0.25) is 14.2 Å². The smallest absolute Gasteiger partial charge is 0.347 e. The van der Waals surface area contributed by atoms with E-state index in [-0.39, 0.29) is 24.8 Å². The van der Waals surface area contributed by atoms with Gasteiger partial charge in [0.2, 0.25) is 11.8 Å². The van der Waals surface area contributed by atoms with Crippen molar-refractivity contribution in [3.63, 3.8) is 0 Å². The maximum absolute atomic E-state index is 12.4. The zero-order valence-electron chi connectivity index (χ0n) is 13.5. The van der Waals surface area contributed by atoms with Gasteiger partial charge >= 0.3 is 5.69 Å². The van der Waals surface area contributed by atoms with Gasteiger partial charge in [0.15, 0.2) is 0 Å². The zero-order valence-corrected chi connectivity index (χ0v) is 13.5. The van der Waals surface area contributed by atoms with Crippen LogP contribution in [0, 0.1) is 13.8 Å². The molecule has 0 unspecified atom stereocenters. The molecule has 7 nitrogen and oxygen atoms in total. The first-order valence-electron chi connectivity index (χ1n) is 7.67. The van der Waals surface area contributed by atoms with Gasteiger partial charge in [-0.05, 0) is 31.5 Å². The van der Waals surface area contributed by atoms with Crippen molar-refractivity contribution < 1.29 is 9.59 Å². The summed E-state index contributed by atoms with van der Waals surface area (Å²) in [5.74, 6) is -0.482. The molecule has 0 radical (unpaired) electrons. The Balaban J connectivity index is 1.79. The molecule has 1 aromatic heterocycles. The largest absolute Gasteiger partial charge is 0.348 e. The van der Waals surface area contributed by atoms with Gasteiger partial charge in [0.1, 0.15) is 6.54 Å². The molecule has 0 saturated carbocycles. The molecule has 1 aliphatic heterocycles. The van der Waals surface area contributed by atoms with Crippen LogP contribution in [-0.2, 0) is 16.1 Å². The van der Waals surface area contributed by atoms with Crippen molar-refractivity contribution in [1.29, 1.82) is 0 Å². The van der Waals surface area contributed by atoms with Crippen LogP contribution in [0.25, 0.3) is 0 Å². The van der Waals surface area contributed by atoms with Gasteiger partial charge in [0.25, 0.3) is 0 Å². The fraction of sp³-hybridized carbons (Fsp3) is 0.294. The number of anilines is 1. The number of rotatable bonds is 3. The number of nitrogens with one attached hydrogen (secondary N) is 2. The predicted molar refractivity (Wildman–Crippen MR) is 88.5 cm³/mol. The number of benzene rings is 1. The summed E-state index contributed by atoms with van der Waals surface area (Å²) in [6.45, 7) is 3.36. The first-order valence-corrected chi connectivity index (χ1v) is 7.67. The number of carbonyl (C=O) groups is 2. The Kier molecular flexibility index (Phi) is 4.16. The molecule has 0 spiro atoms. The topological polar surface area (TPSA) is 93.1 Å². The number of hydrogen-bond acceptors (Lipinski definition) is 4. The molecular formula is C17H18N4O3. The SMILES string of the molecule is Cc1cc(C)n(CC(=O)N[C@@H]2CC(=O)Nc3ccccc32)c(=O)n1. The minimum atomic E-state index is -0.454. The number of aryl methyl sites for hydroxylation is 2. The average Bonchev–Trinajstić information content (AvgIpc) is 2.50. The number of hydrogen-bond donors (Lipinski definition) is 2. The third-order valence-electron chi connectivity index (χ3n) is 3.98. The summed E-state index contributed by atoms with van der Waals surface area (Å²) in [5, 5.41) is 5.62. The molecule has 2 aromatic rings. The van der Waals surface area contributed by atoms with Gasteiger partial charge in [0.05, 0.1) is 12.5 Å². The van der Waals surface area contributed by atoms with E-state index in [9.17, 15) is 14.4 Å². The molecule has 7 heteroatoms.